The summed E-state index contributed by atoms with van der Waals surface area (Å²) in [4.78, 5) is 23.4. The molecule has 2 aromatic rings. The third-order valence-electron chi connectivity index (χ3n) is 3.39. The molecule has 0 saturated carbocycles. The van der Waals surface area contributed by atoms with E-state index in [4.69, 9.17) is 17.3 Å². The summed E-state index contributed by atoms with van der Waals surface area (Å²) < 4.78 is 25.4. The predicted molar refractivity (Wildman–Crippen MR) is 95.2 cm³/mol. The number of sulfonamides is 1. The fourth-order valence-electron chi connectivity index (χ4n) is 1.97. The first-order valence-electron chi connectivity index (χ1n) is 7.06. The van der Waals surface area contributed by atoms with Gasteiger partial charge < -0.3 is 11.1 Å². The lowest BCUT2D eigenvalue weighted by molar-refractivity contribution is 0.0998. The topological polar surface area (TPSA) is 110 Å². The number of carbonyl (C=O) groups is 2. The highest BCUT2D eigenvalue weighted by atomic mass is 35.5. The van der Waals surface area contributed by atoms with Crippen molar-refractivity contribution in [2.24, 2.45) is 5.73 Å². The van der Waals surface area contributed by atoms with E-state index in [1.54, 1.807) is 0 Å². The highest BCUT2D eigenvalue weighted by Crippen LogP contribution is 2.23. The fourth-order valence-corrected chi connectivity index (χ4v) is 3.10. The number of nitrogens with two attached hydrogens (primary N) is 1. The van der Waals surface area contributed by atoms with Gasteiger partial charge in [0.15, 0.2) is 0 Å². The number of hydrogen-bond acceptors (Lipinski definition) is 4. The summed E-state index contributed by atoms with van der Waals surface area (Å²) in [6.07, 6.45) is 0. The van der Waals surface area contributed by atoms with Crippen molar-refractivity contribution >= 4 is 39.1 Å². The van der Waals surface area contributed by atoms with Gasteiger partial charge in [-0.05, 0) is 42.5 Å². The van der Waals surface area contributed by atoms with Gasteiger partial charge in [-0.2, -0.15) is 0 Å². The molecule has 0 atom stereocenters. The van der Waals surface area contributed by atoms with E-state index in [1.165, 1.54) is 56.6 Å². The van der Waals surface area contributed by atoms with Crippen molar-refractivity contribution in [3.8, 4) is 0 Å². The average molecular weight is 382 g/mol. The van der Waals surface area contributed by atoms with Crippen LogP contribution in [0, 0.1) is 0 Å². The zero-order valence-electron chi connectivity index (χ0n) is 13.5. The molecule has 0 aromatic heterocycles. The smallest absolute Gasteiger partial charge is 0.257 e. The predicted octanol–water partition coefficient (Wildman–Crippen LogP) is 1.94. The van der Waals surface area contributed by atoms with E-state index in [0.29, 0.717) is 11.3 Å². The minimum absolute atomic E-state index is 0.0172. The molecule has 0 aliphatic carbocycles. The van der Waals surface area contributed by atoms with E-state index in [9.17, 15) is 18.0 Å². The number of hydrogen-bond donors (Lipinski definition) is 2. The van der Waals surface area contributed by atoms with E-state index in [1.807, 2.05) is 0 Å². The molecule has 0 spiro atoms. The molecule has 2 amide bonds. The Balaban J connectivity index is 2.31. The second-order valence-corrected chi connectivity index (χ2v) is 7.88. The van der Waals surface area contributed by atoms with E-state index >= 15 is 0 Å². The van der Waals surface area contributed by atoms with Crippen molar-refractivity contribution in [3.05, 3.63) is 58.6 Å². The minimum atomic E-state index is -3.69. The number of halogens is 1. The van der Waals surface area contributed by atoms with E-state index < -0.39 is 21.8 Å². The van der Waals surface area contributed by atoms with Gasteiger partial charge in [0, 0.05) is 25.3 Å². The summed E-state index contributed by atoms with van der Waals surface area (Å²) in [6, 6.07) is 9.83. The van der Waals surface area contributed by atoms with Gasteiger partial charge in [-0.25, -0.2) is 12.7 Å². The Labute approximate surface area is 150 Å². The van der Waals surface area contributed by atoms with Gasteiger partial charge in [-0.3, -0.25) is 9.59 Å². The third kappa shape index (κ3) is 4.16. The highest BCUT2D eigenvalue weighted by molar-refractivity contribution is 7.89. The van der Waals surface area contributed by atoms with Crippen LogP contribution in [0.25, 0.3) is 0 Å². The number of benzene rings is 2. The molecule has 132 valence electrons. The molecule has 0 radical (unpaired) electrons. The molecular formula is C16H16ClN3O4S. The molecule has 0 bridgehead atoms. The van der Waals surface area contributed by atoms with Crippen LogP contribution in [0.15, 0.2) is 47.4 Å². The van der Waals surface area contributed by atoms with Gasteiger partial charge >= 0.3 is 0 Å². The molecule has 0 heterocycles. The standard InChI is InChI=1S/C16H16ClN3O4S/c1-20(2)25(23,24)12-7-8-14(17)13(9-12)16(22)19-11-5-3-10(4-6-11)15(18)21/h3-9H,1-2H3,(H2,18,21)(H,19,22). The van der Waals surface area contributed by atoms with E-state index in [-0.39, 0.29) is 15.5 Å². The van der Waals surface area contributed by atoms with Gasteiger partial charge in [0.2, 0.25) is 15.9 Å². The van der Waals surface area contributed by atoms with Crippen LogP contribution in [0.3, 0.4) is 0 Å². The van der Waals surface area contributed by atoms with Crippen molar-refractivity contribution < 1.29 is 18.0 Å². The molecule has 2 aromatic carbocycles. The SMILES string of the molecule is CN(C)S(=O)(=O)c1ccc(Cl)c(C(=O)Nc2ccc(C(N)=O)cc2)c1. The lowest BCUT2D eigenvalue weighted by Gasteiger charge is -2.13. The number of nitrogens with zero attached hydrogens (tertiary/aromatic N) is 1. The summed E-state index contributed by atoms with van der Waals surface area (Å²) in [5.74, 6) is -1.16. The average Bonchev–Trinajstić information content (AvgIpc) is 2.55. The van der Waals surface area contributed by atoms with Crippen LogP contribution < -0.4 is 11.1 Å². The minimum Gasteiger partial charge on any atom is -0.366 e. The summed E-state index contributed by atoms with van der Waals surface area (Å²) in [7, 11) is -0.909. The molecule has 9 heteroatoms. The molecule has 0 unspecified atom stereocenters. The largest absolute Gasteiger partial charge is 0.366 e. The van der Waals surface area contributed by atoms with Gasteiger partial charge in [0.1, 0.15) is 0 Å². The van der Waals surface area contributed by atoms with Gasteiger partial charge in [-0.15, -0.1) is 0 Å². The first kappa shape index (κ1) is 18.9. The molecule has 0 saturated heterocycles. The molecule has 0 fully saturated rings. The Kier molecular flexibility index (Phi) is 5.46. The third-order valence-corrected chi connectivity index (χ3v) is 5.53. The number of amides is 2. The Bertz CT molecular complexity index is 925. The van der Waals surface area contributed by atoms with Gasteiger partial charge in [0.05, 0.1) is 15.5 Å². The second-order valence-electron chi connectivity index (χ2n) is 5.32. The Morgan fingerprint density at radius 1 is 1.08 bits per heavy atom. The molecule has 25 heavy (non-hydrogen) atoms. The zero-order valence-corrected chi connectivity index (χ0v) is 15.1. The summed E-state index contributed by atoms with van der Waals surface area (Å²) >= 11 is 6.02. The van der Waals surface area contributed by atoms with Crippen LogP contribution in [0.2, 0.25) is 5.02 Å². The summed E-state index contributed by atoms with van der Waals surface area (Å²) in [5.41, 5.74) is 5.88. The lowest BCUT2D eigenvalue weighted by atomic mass is 10.1. The number of nitrogens with one attached hydrogen (secondary N) is 1. The second kappa shape index (κ2) is 7.22. The maximum Gasteiger partial charge on any atom is 0.257 e. The zero-order chi connectivity index (χ0) is 18.8. The monoisotopic (exact) mass is 381 g/mol. The van der Waals surface area contributed by atoms with Crippen molar-refractivity contribution in [1.82, 2.24) is 4.31 Å². The highest BCUT2D eigenvalue weighted by Gasteiger charge is 2.20. The van der Waals surface area contributed by atoms with Crippen LogP contribution in [-0.2, 0) is 10.0 Å². The molecule has 0 aliphatic heterocycles. The van der Waals surface area contributed by atoms with E-state index in [0.717, 1.165) is 4.31 Å². The molecule has 0 aliphatic rings. The van der Waals surface area contributed by atoms with Crippen molar-refractivity contribution in [1.29, 1.82) is 0 Å². The Hall–Kier alpha value is -2.42. The van der Waals surface area contributed by atoms with Crippen LogP contribution in [0.1, 0.15) is 20.7 Å². The molecular weight excluding hydrogens is 366 g/mol. The first-order valence-corrected chi connectivity index (χ1v) is 8.88. The number of primary amides is 1. The number of rotatable bonds is 5. The lowest BCUT2D eigenvalue weighted by Crippen LogP contribution is -2.23. The molecule has 7 nitrogen and oxygen atoms in total. The van der Waals surface area contributed by atoms with E-state index in [2.05, 4.69) is 5.32 Å². The fraction of sp³-hybridized carbons (Fsp3) is 0.125. The van der Waals surface area contributed by atoms with Gasteiger partial charge in [0.25, 0.3) is 5.91 Å². The van der Waals surface area contributed by atoms with Crippen molar-refractivity contribution in [2.75, 3.05) is 19.4 Å². The van der Waals surface area contributed by atoms with Crippen LogP contribution in [-0.4, -0.2) is 38.6 Å². The summed E-state index contributed by atoms with van der Waals surface area (Å²) in [6.45, 7) is 0. The maximum absolute atomic E-state index is 12.4. The van der Waals surface area contributed by atoms with Crippen molar-refractivity contribution in [3.63, 3.8) is 0 Å². The van der Waals surface area contributed by atoms with Gasteiger partial charge in [-0.1, -0.05) is 11.6 Å². The van der Waals surface area contributed by atoms with Crippen molar-refractivity contribution in [2.45, 2.75) is 4.90 Å². The molecule has 2 rings (SSSR count). The number of carbonyl (C=O) groups excluding carboxylic acids is 2. The maximum atomic E-state index is 12.4. The van der Waals surface area contributed by atoms with Crippen LogP contribution >= 0.6 is 11.6 Å². The Morgan fingerprint density at radius 3 is 2.20 bits per heavy atom. The quantitative estimate of drug-likeness (QED) is 0.824. The number of anilines is 1. The summed E-state index contributed by atoms with van der Waals surface area (Å²) in [5, 5.41) is 2.70. The Morgan fingerprint density at radius 2 is 1.68 bits per heavy atom. The molecule has 3 N–H and O–H groups in total. The van der Waals surface area contributed by atoms with Crippen LogP contribution in [0.5, 0.6) is 0 Å². The van der Waals surface area contributed by atoms with Crippen LogP contribution in [0.4, 0.5) is 5.69 Å². The first-order chi connectivity index (χ1) is 11.6. The normalized spacial score (nSPS) is 11.4.